The predicted octanol–water partition coefficient (Wildman–Crippen LogP) is 3.51. The van der Waals surface area contributed by atoms with Crippen molar-refractivity contribution in [3.05, 3.63) is 77.5 Å². The molecule has 1 saturated heterocycles. The molecule has 3 amide bonds. The highest BCUT2D eigenvalue weighted by molar-refractivity contribution is 6.30. The SMILES string of the molecule is N#Cc1ccc(N2C(=O)N/C(=C\c3cccc(O)c3)C2=O)c2ccccc12. The van der Waals surface area contributed by atoms with Crippen molar-refractivity contribution < 1.29 is 14.7 Å². The minimum absolute atomic E-state index is 0.0658. The van der Waals surface area contributed by atoms with Crippen molar-refractivity contribution in [2.24, 2.45) is 0 Å². The molecular formula is C21H13N3O3. The molecule has 27 heavy (non-hydrogen) atoms. The molecule has 0 radical (unpaired) electrons. The van der Waals surface area contributed by atoms with Crippen LogP contribution in [-0.2, 0) is 4.79 Å². The number of benzene rings is 3. The smallest absolute Gasteiger partial charge is 0.333 e. The van der Waals surface area contributed by atoms with Crippen LogP contribution in [0.15, 0.2) is 66.4 Å². The molecule has 0 aromatic heterocycles. The summed E-state index contributed by atoms with van der Waals surface area (Å²) in [7, 11) is 0. The lowest BCUT2D eigenvalue weighted by atomic mass is 10.0. The maximum Gasteiger partial charge on any atom is 0.333 e. The number of anilines is 1. The van der Waals surface area contributed by atoms with E-state index in [-0.39, 0.29) is 11.4 Å². The molecule has 3 aromatic carbocycles. The number of phenols is 1. The molecule has 6 heteroatoms. The monoisotopic (exact) mass is 355 g/mol. The number of phenolic OH excluding ortho intramolecular Hbond substituents is 1. The van der Waals surface area contributed by atoms with Crippen LogP contribution in [0.2, 0.25) is 0 Å². The molecule has 6 nitrogen and oxygen atoms in total. The van der Waals surface area contributed by atoms with E-state index >= 15 is 0 Å². The zero-order valence-electron chi connectivity index (χ0n) is 14.0. The average molecular weight is 355 g/mol. The number of imide groups is 1. The van der Waals surface area contributed by atoms with Gasteiger partial charge in [-0.05, 0) is 35.9 Å². The van der Waals surface area contributed by atoms with Crippen LogP contribution in [-0.4, -0.2) is 17.0 Å². The molecule has 130 valence electrons. The molecule has 0 atom stereocenters. The summed E-state index contributed by atoms with van der Waals surface area (Å²) >= 11 is 0. The van der Waals surface area contributed by atoms with Gasteiger partial charge in [-0.2, -0.15) is 5.26 Å². The highest BCUT2D eigenvalue weighted by atomic mass is 16.3. The van der Waals surface area contributed by atoms with Crippen LogP contribution in [0, 0.1) is 11.3 Å². The number of nitriles is 1. The van der Waals surface area contributed by atoms with Crippen molar-refractivity contribution in [2.45, 2.75) is 0 Å². The Balaban J connectivity index is 1.80. The summed E-state index contributed by atoms with van der Waals surface area (Å²) in [6, 6.07) is 18.2. The van der Waals surface area contributed by atoms with E-state index in [1.165, 1.54) is 18.2 Å². The van der Waals surface area contributed by atoms with Crippen LogP contribution >= 0.6 is 0 Å². The number of amides is 3. The fourth-order valence-electron chi connectivity index (χ4n) is 3.11. The van der Waals surface area contributed by atoms with Crippen molar-refractivity contribution in [3.8, 4) is 11.8 Å². The summed E-state index contributed by atoms with van der Waals surface area (Å²) in [5.74, 6) is -0.436. The standard InChI is InChI=1S/C21H13N3O3/c22-12-14-8-9-19(17-7-2-1-6-16(14)17)24-20(26)18(23-21(24)27)11-13-4-3-5-15(25)10-13/h1-11,25H,(H,23,27)/b18-11-. The van der Waals surface area contributed by atoms with Gasteiger partial charge in [0.25, 0.3) is 5.91 Å². The minimum Gasteiger partial charge on any atom is -0.508 e. The number of carbonyl (C=O) groups excluding carboxylic acids is 2. The molecule has 0 saturated carbocycles. The van der Waals surface area contributed by atoms with E-state index in [2.05, 4.69) is 11.4 Å². The Kier molecular flexibility index (Phi) is 3.83. The van der Waals surface area contributed by atoms with Crippen molar-refractivity contribution in [1.82, 2.24) is 5.32 Å². The quantitative estimate of drug-likeness (QED) is 0.543. The summed E-state index contributed by atoms with van der Waals surface area (Å²) in [4.78, 5) is 26.4. The average Bonchev–Trinajstić information content (AvgIpc) is 2.94. The van der Waals surface area contributed by atoms with E-state index in [1.807, 2.05) is 0 Å². The fraction of sp³-hybridized carbons (Fsp3) is 0. The van der Waals surface area contributed by atoms with E-state index in [0.717, 1.165) is 4.90 Å². The van der Waals surface area contributed by atoms with Gasteiger partial charge in [0.2, 0.25) is 0 Å². The first-order chi connectivity index (χ1) is 13.1. The van der Waals surface area contributed by atoms with Gasteiger partial charge in [-0.15, -0.1) is 0 Å². The minimum atomic E-state index is -0.568. The van der Waals surface area contributed by atoms with Gasteiger partial charge in [0.15, 0.2) is 0 Å². The Morgan fingerprint density at radius 2 is 1.78 bits per heavy atom. The maximum atomic E-state index is 12.9. The first-order valence-electron chi connectivity index (χ1n) is 8.16. The second kappa shape index (κ2) is 6.32. The number of urea groups is 1. The third kappa shape index (κ3) is 2.77. The van der Waals surface area contributed by atoms with Gasteiger partial charge in [0.05, 0.1) is 17.3 Å². The molecule has 0 bridgehead atoms. The number of nitrogens with zero attached hydrogens (tertiary/aromatic N) is 2. The summed E-state index contributed by atoms with van der Waals surface area (Å²) in [5, 5.41) is 22.7. The third-order valence-electron chi connectivity index (χ3n) is 4.32. The van der Waals surface area contributed by atoms with Gasteiger partial charge in [0, 0.05) is 10.8 Å². The molecule has 3 aromatic rings. The number of nitrogens with one attached hydrogen (secondary N) is 1. The summed E-state index contributed by atoms with van der Waals surface area (Å²) in [5.41, 5.74) is 1.58. The van der Waals surface area contributed by atoms with Crippen LogP contribution in [0.1, 0.15) is 11.1 Å². The highest BCUT2D eigenvalue weighted by Crippen LogP contribution is 2.32. The Morgan fingerprint density at radius 1 is 1.00 bits per heavy atom. The number of carbonyl (C=O) groups is 2. The lowest BCUT2D eigenvalue weighted by molar-refractivity contribution is -0.113. The molecule has 0 aliphatic carbocycles. The van der Waals surface area contributed by atoms with E-state index in [0.29, 0.717) is 27.6 Å². The van der Waals surface area contributed by atoms with Crippen LogP contribution in [0.25, 0.3) is 16.8 Å². The molecule has 1 aliphatic rings. The third-order valence-corrected chi connectivity index (χ3v) is 4.32. The van der Waals surface area contributed by atoms with Crippen LogP contribution in [0.4, 0.5) is 10.5 Å². The number of aromatic hydroxyl groups is 1. The molecule has 0 spiro atoms. The Labute approximate surface area is 154 Å². The van der Waals surface area contributed by atoms with Crippen molar-refractivity contribution >= 4 is 34.5 Å². The van der Waals surface area contributed by atoms with Gasteiger partial charge in [0.1, 0.15) is 11.4 Å². The van der Waals surface area contributed by atoms with Gasteiger partial charge < -0.3 is 10.4 Å². The summed E-state index contributed by atoms with van der Waals surface area (Å²) in [6.07, 6.45) is 1.51. The molecule has 0 unspecified atom stereocenters. The largest absolute Gasteiger partial charge is 0.508 e. The zero-order valence-corrected chi connectivity index (χ0v) is 14.0. The molecule has 2 N–H and O–H groups in total. The van der Waals surface area contributed by atoms with Gasteiger partial charge in [-0.1, -0.05) is 36.4 Å². The van der Waals surface area contributed by atoms with E-state index in [1.54, 1.807) is 48.5 Å². The summed E-state index contributed by atoms with van der Waals surface area (Å²) < 4.78 is 0. The topological polar surface area (TPSA) is 93.4 Å². The maximum absolute atomic E-state index is 12.9. The summed E-state index contributed by atoms with van der Waals surface area (Å²) in [6.45, 7) is 0. The first kappa shape index (κ1) is 16.4. The normalized spacial score (nSPS) is 15.2. The van der Waals surface area contributed by atoms with Crippen LogP contribution in [0.3, 0.4) is 0 Å². The lowest BCUT2D eigenvalue weighted by Crippen LogP contribution is -2.30. The Bertz CT molecular complexity index is 1170. The van der Waals surface area contributed by atoms with E-state index in [4.69, 9.17) is 0 Å². The number of hydrogen-bond donors (Lipinski definition) is 2. The number of fused-ring (bicyclic) bond motifs is 1. The fourth-order valence-corrected chi connectivity index (χ4v) is 3.11. The van der Waals surface area contributed by atoms with Crippen LogP contribution < -0.4 is 10.2 Å². The second-order valence-corrected chi connectivity index (χ2v) is 6.01. The zero-order chi connectivity index (χ0) is 19.0. The first-order valence-corrected chi connectivity index (χ1v) is 8.16. The molecular weight excluding hydrogens is 342 g/mol. The van der Waals surface area contributed by atoms with E-state index in [9.17, 15) is 20.0 Å². The molecule has 1 fully saturated rings. The molecule has 1 heterocycles. The molecule has 4 rings (SSSR count). The molecule has 1 aliphatic heterocycles. The van der Waals surface area contributed by atoms with Crippen molar-refractivity contribution in [3.63, 3.8) is 0 Å². The highest BCUT2D eigenvalue weighted by Gasteiger charge is 2.35. The van der Waals surface area contributed by atoms with Crippen molar-refractivity contribution in [2.75, 3.05) is 4.90 Å². The Morgan fingerprint density at radius 3 is 2.52 bits per heavy atom. The number of rotatable bonds is 2. The number of hydrogen-bond acceptors (Lipinski definition) is 4. The van der Waals surface area contributed by atoms with Crippen molar-refractivity contribution in [1.29, 1.82) is 5.26 Å². The van der Waals surface area contributed by atoms with Crippen LogP contribution in [0.5, 0.6) is 5.75 Å². The van der Waals surface area contributed by atoms with Gasteiger partial charge in [-0.3, -0.25) is 4.79 Å². The Hall–Kier alpha value is -4.11. The predicted molar refractivity (Wildman–Crippen MR) is 101 cm³/mol. The van der Waals surface area contributed by atoms with Gasteiger partial charge >= 0.3 is 6.03 Å². The second-order valence-electron chi connectivity index (χ2n) is 6.01. The van der Waals surface area contributed by atoms with E-state index < -0.39 is 11.9 Å². The van der Waals surface area contributed by atoms with Gasteiger partial charge in [-0.25, -0.2) is 9.69 Å². The lowest BCUT2D eigenvalue weighted by Gasteiger charge is -2.15.